The molecule has 1 aromatic heterocycles. The molecule has 3 aromatic rings. The zero-order valence-corrected chi connectivity index (χ0v) is 15.6. The van der Waals surface area contributed by atoms with Gasteiger partial charge in [0.05, 0.1) is 26.0 Å². The first-order valence-electron chi connectivity index (χ1n) is 8.79. The lowest BCUT2D eigenvalue weighted by Crippen LogP contribution is -2.58. The van der Waals surface area contributed by atoms with Crippen LogP contribution in [0.2, 0.25) is 0 Å². The molecule has 0 saturated carbocycles. The van der Waals surface area contributed by atoms with Crippen molar-refractivity contribution in [3.8, 4) is 23.0 Å². The van der Waals surface area contributed by atoms with Crippen molar-refractivity contribution in [1.82, 2.24) is 0 Å². The summed E-state index contributed by atoms with van der Waals surface area (Å²) in [5, 5.41) is 0.819. The van der Waals surface area contributed by atoms with Gasteiger partial charge in [-0.3, -0.25) is 4.79 Å². The molecule has 144 valence electrons. The van der Waals surface area contributed by atoms with E-state index in [0.717, 1.165) is 5.39 Å². The summed E-state index contributed by atoms with van der Waals surface area (Å²) in [7, 11) is 4.58. The number of carbonyl (C=O) groups is 1. The Morgan fingerprint density at radius 2 is 1.82 bits per heavy atom. The molecule has 2 aliphatic heterocycles. The maximum absolute atomic E-state index is 13.7. The smallest absolute Gasteiger partial charge is 0.207 e. The summed E-state index contributed by atoms with van der Waals surface area (Å²) < 4.78 is 34.1. The van der Waals surface area contributed by atoms with Crippen LogP contribution in [-0.2, 0) is 10.3 Å². The van der Waals surface area contributed by atoms with Gasteiger partial charge in [-0.25, -0.2) is 0 Å². The van der Waals surface area contributed by atoms with Crippen LogP contribution in [0.25, 0.3) is 11.0 Å². The minimum absolute atomic E-state index is 0.150. The standard InChI is InChI=1S/C21H18O7/c1-23-17-7-13-16(9-18(17)24-2)27-10-19-21(13,25-3)20(22)12-6-11-4-5-26-14(11)8-15(12)28-19/h4-9,19H,10H2,1-3H3/t19-,21-/m0/s1. The Morgan fingerprint density at radius 3 is 2.57 bits per heavy atom. The number of furan rings is 1. The molecule has 0 aliphatic carbocycles. The molecule has 0 bridgehead atoms. The number of benzene rings is 2. The summed E-state index contributed by atoms with van der Waals surface area (Å²) in [6.45, 7) is 0.150. The van der Waals surface area contributed by atoms with Gasteiger partial charge < -0.3 is 28.1 Å². The highest BCUT2D eigenvalue weighted by molar-refractivity contribution is 6.09. The minimum atomic E-state index is -1.35. The van der Waals surface area contributed by atoms with Crippen molar-refractivity contribution in [2.75, 3.05) is 27.9 Å². The van der Waals surface area contributed by atoms with Crippen LogP contribution in [-0.4, -0.2) is 39.8 Å². The van der Waals surface area contributed by atoms with E-state index in [1.807, 2.05) is 0 Å². The van der Waals surface area contributed by atoms with Crippen LogP contribution in [0, 0.1) is 0 Å². The summed E-state index contributed by atoms with van der Waals surface area (Å²) in [4.78, 5) is 13.7. The summed E-state index contributed by atoms with van der Waals surface area (Å²) in [5.74, 6) is 1.75. The normalized spacial score (nSPS) is 22.5. The number of fused-ring (bicyclic) bond motifs is 5. The second kappa shape index (κ2) is 5.90. The first-order valence-corrected chi connectivity index (χ1v) is 8.79. The second-order valence-corrected chi connectivity index (χ2v) is 6.70. The Kier molecular flexibility index (Phi) is 3.57. The van der Waals surface area contributed by atoms with Crippen molar-refractivity contribution < 1.29 is 32.9 Å². The van der Waals surface area contributed by atoms with Gasteiger partial charge in [0, 0.05) is 30.2 Å². The summed E-state index contributed by atoms with van der Waals surface area (Å²) >= 11 is 0. The van der Waals surface area contributed by atoms with Crippen molar-refractivity contribution in [3.63, 3.8) is 0 Å². The quantitative estimate of drug-likeness (QED) is 0.688. The van der Waals surface area contributed by atoms with E-state index in [2.05, 4.69) is 0 Å². The fraction of sp³-hybridized carbons (Fsp3) is 0.286. The third kappa shape index (κ3) is 2.05. The predicted octanol–water partition coefficient (Wildman–Crippen LogP) is 3.33. The van der Waals surface area contributed by atoms with Crippen molar-refractivity contribution in [2.24, 2.45) is 0 Å². The Bertz CT molecular complexity index is 1100. The largest absolute Gasteiger partial charge is 0.493 e. The van der Waals surface area contributed by atoms with E-state index < -0.39 is 11.7 Å². The molecule has 0 fully saturated rings. The lowest BCUT2D eigenvalue weighted by Gasteiger charge is -2.45. The minimum Gasteiger partial charge on any atom is -0.493 e. The van der Waals surface area contributed by atoms with E-state index in [0.29, 0.717) is 39.7 Å². The van der Waals surface area contributed by atoms with Crippen LogP contribution in [0.15, 0.2) is 41.0 Å². The van der Waals surface area contributed by atoms with Gasteiger partial charge in [-0.05, 0) is 18.2 Å². The molecule has 2 atom stereocenters. The molecule has 0 amide bonds. The zero-order chi connectivity index (χ0) is 19.5. The molecule has 7 nitrogen and oxygen atoms in total. The summed E-state index contributed by atoms with van der Waals surface area (Å²) in [6.07, 6.45) is 0.922. The number of Topliss-reactive ketones (excluding diaryl/α,β-unsaturated/α-hetero) is 1. The van der Waals surface area contributed by atoms with Crippen molar-refractivity contribution in [1.29, 1.82) is 0 Å². The molecule has 0 spiro atoms. The van der Waals surface area contributed by atoms with Crippen LogP contribution in [0.5, 0.6) is 23.0 Å². The van der Waals surface area contributed by atoms with E-state index in [4.69, 9.17) is 28.1 Å². The molecule has 0 saturated heterocycles. The van der Waals surface area contributed by atoms with E-state index in [1.165, 1.54) is 14.2 Å². The average Bonchev–Trinajstić information content (AvgIpc) is 3.18. The number of hydrogen-bond acceptors (Lipinski definition) is 7. The maximum Gasteiger partial charge on any atom is 0.207 e. The van der Waals surface area contributed by atoms with Crippen molar-refractivity contribution in [2.45, 2.75) is 11.7 Å². The van der Waals surface area contributed by atoms with E-state index in [-0.39, 0.29) is 12.4 Å². The first-order chi connectivity index (χ1) is 13.6. The van der Waals surface area contributed by atoms with Gasteiger partial charge in [0.25, 0.3) is 0 Å². The number of rotatable bonds is 3. The molecular formula is C21H18O7. The topological polar surface area (TPSA) is 76.4 Å². The monoisotopic (exact) mass is 382 g/mol. The number of carbonyl (C=O) groups excluding carboxylic acids is 1. The van der Waals surface area contributed by atoms with Crippen molar-refractivity contribution in [3.05, 3.63) is 47.7 Å². The summed E-state index contributed by atoms with van der Waals surface area (Å²) in [5.41, 5.74) is 0.291. The molecule has 0 radical (unpaired) electrons. The van der Waals surface area contributed by atoms with Crippen LogP contribution in [0.3, 0.4) is 0 Å². The molecule has 2 aliphatic rings. The highest BCUT2D eigenvalue weighted by atomic mass is 16.6. The van der Waals surface area contributed by atoms with Crippen molar-refractivity contribution >= 4 is 16.8 Å². The van der Waals surface area contributed by atoms with Gasteiger partial charge in [-0.2, -0.15) is 0 Å². The number of hydrogen-bond donors (Lipinski definition) is 0. The van der Waals surface area contributed by atoms with Gasteiger partial charge in [-0.15, -0.1) is 0 Å². The van der Waals surface area contributed by atoms with Gasteiger partial charge >= 0.3 is 0 Å². The number of ether oxygens (including phenoxy) is 5. The third-order valence-corrected chi connectivity index (χ3v) is 5.46. The van der Waals surface area contributed by atoms with Crippen LogP contribution < -0.4 is 18.9 Å². The van der Waals surface area contributed by atoms with Gasteiger partial charge in [0.2, 0.25) is 5.78 Å². The van der Waals surface area contributed by atoms with Crippen LogP contribution in [0.1, 0.15) is 15.9 Å². The van der Waals surface area contributed by atoms with E-state index in [9.17, 15) is 4.79 Å². The lowest BCUT2D eigenvalue weighted by molar-refractivity contribution is -0.102. The average molecular weight is 382 g/mol. The molecule has 0 unspecified atom stereocenters. The van der Waals surface area contributed by atoms with Crippen LogP contribution in [0.4, 0.5) is 0 Å². The van der Waals surface area contributed by atoms with Crippen LogP contribution >= 0.6 is 0 Å². The highest BCUT2D eigenvalue weighted by Crippen LogP contribution is 2.51. The third-order valence-electron chi connectivity index (χ3n) is 5.46. The molecule has 28 heavy (non-hydrogen) atoms. The fourth-order valence-corrected chi connectivity index (χ4v) is 4.07. The SMILES string of the molecule is COc1cc2c(cc1OC)[C@@]1(OC)C(=O)c3cc4ccoc4cc3O[C@H]1CO2. The second-order valence-electron chi connectivity index (χ2n) is 6.70. The molecule has 3 heterocycles. The number of methoxy groups -OCH3 is 3. The van der Waals surface area contributed by atoms with E-state index >= 15 is 0 Å². The lowest BCUT2D eigenvalue weighted by atomic mass is 9.77. The summed E-state index contributed by atoms with van der Waals surface area (Å²) in [6, 6.07) is 8.72. The van der Waals surface area contributed by atoms with Gasteiger partial charge in [0.1, 0.15) is 23.7 Å². The molecule has 2 aromatic carbocycles. The van der Waals surface area contributed by atoms with Gasteiger partial charge in [-0.1, -0.05) is 0 Å². The highest BCUT2D eigenvalue weighted by Gasteiger charge is 2.57. The molecule has 0 N–H and O–H groups in total. The Hall–Kier alpha value is -3.19. The molecular weight excluding hydrogens is 364 g/mol. The fourth-order valence-electron chi connectivity index (χ4n) is 4.07. The number of ketones is 1. The first kappa shape index (κ1) is 16.9. The predicted molar refractivity (Wildman–Crippen MR) is 98.7 cm³/mol. The maximum atomic E-state index is 13.7. The zero-order valence-electron chi connectivity index (χ0n) is 15.6. The molecule has 5 rings (SSSR count). The Morgan fingerprint density at radius 1 is 1.04 bits per heavy atom. The Labute approximate surface area is 160 Å². The Balaban J connectivity index is 1.74. The van der Waals surface area contributed by atoms with E-state index in [1.54, 1.807) is 43.7 Å². The van der Waals surface area contributed by atoms with Gasteiger partial charge in [0.15, 0.2) is 23.2 Å². The molecule has 7 heteroatoms.